The number of nitrogens with one attached hydrogen (secondary N) is 1. The average Bonchev–Trinajstić information content (AvgIpc) is 2.80. The molecule has 1 aliphatic heterocycles. The number of hydrogen-bond acceptors (Lipinski definition) is 3. The van der Waals surface area contributed by atoms with Gasteiger partial charge in [0.25, 0.3) is 5.91 Å². The van der Waals surface area contributed by atoms with Crippen molar-refractivity contribution in [3.63, 3.8) is 0 Å². The summed E-state index contributed by atoms with van der Waals surface area (Å²) in [5.41, 5.74) is 1.64. The lowest BCUT2D eigenvalue weighted by molar-refractivity contribution is 0.0678. The summed E-state index contributed by atoms with van der Waals surface area (Å²) in [6, 6.07) is 1.89. The molecule has 0 bridgehead atoms. The minimum absolute atomic E-state index is 0.130. The van der Waals surface area contributed by atoms with Crippen molar-refractivity contribution in [2.24, 2.45) is 5.92 Å². The third-order valence-electron chi connectivity index (χ3n) is 3.82. The third-order valence-corrected chi connectivity index (χ3v) is 3.82. The molecule has 1 fully saturated rings. The molecule has 1 aromatic heterocycles. The van der Waals surface area contributed by atoms with Crippen LogP contribution in [0.5, 0.6) is 0 Å². The van der Waals surface area contributed by atoms with Crippen LogP contribution in [0.3, 0.4) is 0 Å². The van der Waals surface area contributed by atoms with Crippen LogP contribution in [-0.2, 0) is 6.54 Å². The molecule has 1 aliphatic rings. The second-order valence-electron chi connectivity index (χ2n) is 5.28. The van der Waals surface area contributed by atoms with Crippen LogP contribution >= 0.6 is 0 Å². The molecule has 1 saturated heterocycles. The molecule has 0 aliphatic carbocycles. The minimum atomic E-state index is 0.130. The van der Waals surface area contributed by atoms with Crippen molar-refractivity contribution in [1.29, 1.82) is 0 Å². The zero-order chi connectivity index (χ0) is 13.8. The number of rotatable bonds is 4. The third kappa shape index (κ3) is 3.15. The smallest absolute Gasteiger partial charge is 0.272 e. The highest BCUT2D eigenvalue weighted by Crippen LogP contribution is 2.18. The van der Waals surface area contributed by atoms with Crippen molar-refractivity contribution >= 4 is 5.91 Å². The van der Waals surface area contributed by atoms with Gasteiger partial charge in [0.05, 0.1) is 5.69 Å². The molecule has 0 unspecified atom stereocenters. The van der Waals surface area contributed by atoms with E-state index < -0.39 is 0 Å². The number of aryl methyl sites for hydroxylation is 2. The van der Waals surface area contributed by atoms with E-state index in [9.17, 15) is 4.79 Å². The van der Waals surface area contributed by atoms with Gasteiger partial charge in [-0.2, -0.15) is 5.10 Å². The number of aromatic nitrogens is 2. The normalized spacial score (nSPS) is 16.9. The van der Waals surface area contributed by atoms with Gasteiger partial charge in [-0.05, 0) is 52.3 Å². The highest BCUT2D eigenvalue weighted by atomic mass is 16.2. The van der Waals surface area contributed by atoms with Gasteiger partial charge < -0.3 is 10.2 Å². The molecule has 0 saturated carbocycles. The van der Waals surface area contributed by atoms with Gasteiger partial charge in [0.1, 0.15) is 5.69 Å². The van der Waals surface area contributed by atoms with E-state index in [0.29, 0.717) is 5.92 Å². The predicted molar refractivity (Wildman–Crippen MR) is 75.2 cm³/mol. The van der Waals surface area contributed by atoms with Gasteiger partial charge in [0.15, 0.2) is 0 Å². The Balaban J connectivity index is 2.01. The lowest BCUT2D eigenvalue weighted by Gasteiger charge is -2.31. The van der Waals surface area contributed by atoms with Crippen LogP contribution in [0.15, 0.2) is 6.07 Å². The molecular weight excluding hydrogens is 240 g/mol. The average molecular weight is 264 g/mol. The molecule has 19 heavy (non-hydrogen) atoms. The van der Waals surface area contributed by atoms with Crippen LogP contribution in [0, 0.1) is 12.8 Å². The summed E-state index contributed by atoms with van der Waals surface area (Å²) in [7, 11) is 1.99. The molecule has 2 heterocycles. The fourth-order valence-electron chi connectivity index (χ4n) is 2.75. The maximum Gasteiger partial charge on any atom is 0.272 e. The molecule has 1 amide bonds. The molecule has 106 valence electrons. The number of carbonyl (C=O) groups is 1. The van der Waals surface area contributed by atoms with E-state index in [4.69, 9.17) is 0 Å². The fraction of sp³-hybridized carbons (Fsp3) is 0.714. The molecule has 0 aromatic carbocycles. The predicted octanol–water partition coefficient (Wildman–Crippen LogP) is 1.28. The van der Waals surface area contributed by atoms with Crippen molar-refractivity contribution in [2.45, 2.75) is 33.2 Å². The number of hydrogen-bond donors (Lipinski definition) is 1. The SMILES string of the molecule is CCn1nc(C)cc1C(=O)N1CCC(CNC)CC1. The van der Waals surface area contributed by atoms with Gasteiger partial charge in [-0.1, -0.05) is 0 Å². The first kappa shape index (κ1) is 14.1. The van der Waals surface area contributed by atoms with Crippen molar-refractivity contribution < 1.29 is 4.79 Å². The summed E-state index contributed by atoms with van der Waals surface area (Å²) < 4.78 is 1.80. The molecule has 0 radical (unpaired) electrons. The summed E-state index contributed by atoms with van der Waals surface area (Å²) in [6.07, 6.45) is 2.18. The Kier molecular flexibility index (Phi) is 4.58. The minimum Gasteiger partial charge on any atom is -0.337 e. The Morgan fingerprint density at radius 2 is 2.16 bits per heavy atom. The van der Waals surface area contributed by atoms with Gasteiger partial charge in [-0.15, -0.1) is 0 Å². The largest absolute Gasteiger partial charge is 0.337 e. The Morgan fingerprint density at radius 3 is 2.74 bits per heavy atom. The summed E-state index contributed by atoms with van der Waals surface area (Å²) in [4.78, 5) is 14.5. The monoisotopic (exact) mass is 264 g/mol. The van der Waals surface area contributed by atoms with E-state index in [0.717, 1.165) is 50.4 Å². The van der Waals surface area contributed by atoms with Crippen molar-refractivity contribution in [1.82, 2.24) is 20.0 Å². The molecule has 2 rings (SSSR count). The lowest BCUT2D eigenvalue weighted by Crippen LogP contribution is -2.41. The van der Waals surface area contributed by atoms with Gasteiger partial charge in [0.2, 0.25) is 0 Å². The van der Waals surface area contributed by atoms with Crippen molar-refractivity contribution in [3.05, 3.63) is 17.5 Å². The number of carbonyl (C=O) groups excluding carboxylic acids is 1. The van der Waals surface area contributed by atoms with Crippen LogP contribution < -0.4 is 5.32 Å². The van der Waals surface area contributed by atoms with Crippen LogP contribution in [0.25, 0.3) is 0 Å². The molecular formula is C14H24N4O. The second kappa shape index (κ2) is 6.19. The number of amides is 1. The van der Waals surface area contributed by atoms with E-state index in [1.165, 1.54) is 0 Å². The maximum atomic E-state index is 12.5. The van der Waals surface area contributed by atoms with Crippen molar-refractivity contribution in [3.8, 4) is 0 Å². The maximum absolute atomic E-state index is 12.5. The highest BCUT2D eigenvalue weighted by Gasteiger charge is 2.25. The van der Waals surface area contributed by atoms with Gasteiger partial charge in [0, 0.05) is 19.6 Å². The summed E-state index contributed by atoms with van der Waals surface area (Å²) >= 11 is 0. The lowest BCUT2D eigenvalue weighted by atomic mass is 9.96. The molecule has 0 atom stereocenters. The second-order valence-corrected chi connectivity index (χ2v) is 5.28. The van der Waals surface area contributed by atoms with E-state index in [1.54, 1.807) is 4.68 Å². The molecule has 1 N–H and O–H groups in total. The van der Waals surface area contributed by atoms with E-state index in [2.05, 4.69) is 10.4 Å². The summed E-state index contributed by atoms with van der Waals surface area (Å²) in [5.74, 6) is 0.831. The Morgan fingerprint density at radius 1 is 1.47 bits per heavy atom. The summed E-state index contributed by atoms with van der Waals surface area (Å²) in [5, 5.41) is 7.57. The highest BCUT2D eigenvalue weighted by molar-refractivity contribution is 5.92. The van der Waals surface area contributed by atoms with Crippen LogP contribution in [-0.4, -0.2) is 47.3 Å². The molecule has 1 aromatic rings. The first-order valence-corrected chi connectivity index (χ1v) is 7.14. The van der Waals surface area contributed by atoms with E-state index in [1.807, 2.05) is 31.9 Å². The quantitative estimate of drug-likeness (QED) is 0.891. The number of likely N-dealkylation sites (tertiary alicyclic amines) is 1. The number of nitrogens with zero attached hydrogens (tertiary/aromatic N) is 3. The Hall–Kier alpha value is -1.36. The van der Waals surface area contributed by atoms with Crippen LogP contribution in [0.4, 0.5) is 0 Å². The fourth-order valence-corrected chi connectivity index (χ4v) is 2.75. The molecule has 5 heteroatoms. The van der Waals surface area contributed by atoms with Crippen molar-refractivity contribution in [2.75, 3.05) is 26.7 Å². The van der Waals surface area contributed by atoms with Gasteiger partial charge in [-0.25, -0.2) is 0 Å². The van der Waals surface area contributed by atoms with Crippen LogP contribution in [0.2, 0.25) is 0 Å². The van der Waals surface area contributed by atoms with Gasteiger partial charge in [-0.3, -0.25) is 9.48 Å². The molecule has 5 nitrogen and oxygen atoms in total. The van der Waals surface area contributed by atoms with E-state index >= 15 is 0 Å². The van der Waals surface area contributed by atoms with Crippen LogP contribution in [0.1, 0.15) is 35.9 Å². The Labute approximate surface area is 115 Å². The topological polar surface area (TPSA) is 50.2 Å². The number of piperidine rings is 1. The van der Waals surface area contributed by atoms with E-state index in [-0.39, 0.29) is 5.91 Å². The zero-order valence-electron chi connectivity index (χ0n) is 12.1. The first-order valence-electron chi connectivity index (χ1n) is 7.14. The summed E-state index contributed by atoms with van der Waals surface area (Å²) in [6.45, 7) is 7.46. The Bertz CT molecular complexity index is 433. The standard InChI is InChI=1S/C14H24N4O/c1-4-18-13(9-11(2)16-18)14(19)17-7-5-12(6-8-17)10-15-3/h9,12,15H,4-8,10H2,1-3H3. The first-order chi connectivity index (χ1) is 9.15. The van der Waals surface area contributed by atoms with Gasteiger partial charge >= 0.3 is 0 Å². The molecule has 0 spiro atoms. The zero-order valence-corrected chi connectivity index (χ0v) is 12.1.